The number of fused-ring (bicyclic) bond motifs is 3. The largest absolute Gasteiger partial charge is 0.480 e. The molecular weight excluding hydrogens is 250 g/mol. The summed E-state index contributed by atoms with van der Waals surface area (Å²) in [5, 5.41) is 12.3. The topological polar surface area (TPSA) is 49.3 Å². The summed E-state index contributed by atoms with van der Waals surface area (Å²) in [7, 11) is 0. The quantitative estimate of drug-likeness (QED) is 0.888. The van der Waals surface area contributed by atoms with Gasteiger partial charge in [-0.05, 0) is 86.6 Å². The Labute approximate surface area is 120 Å². The molecule has 3 rings (SSSR count). The Bertz CT molecular complexity index is 536. The summed E-state index contributed by atoms with van der Waals surface area (Å²) in [6.45, 7) is 1.72. The Morgan fingerprint density at radius 2 is 1.65 bits per heavy atom. The fraction of sp³-hybridized carbons (Fsp3) is 0.588. The highest BCUT2D eigenvalue weighted by atomic mass is 16.4. The third-order valence-electron chi connectivity index (χ3n) is 4.73. The van der Waals surface area contributed by atoms with Gasteiger partial charge in [-0.2, -0.15) is 0 Å². The molecule has 2 aliphatic carbocycles. The molecular formula is C17H23NO2. The molecule has 2 aliphatic rings. The van der Waals surface area contributed by atoms with Crippen LogP contribution < -0.4 is 5.32 Å². The van der Waals surface area contributed by atoms with E-state index in [1.807, 2.05) is 0 Å². The molecule has 0 heterocycles. The zero-order valence-corrected chi connectivity index (χ0v) is 12.2. The number of aryl methyl sites for hydroxylation is 1. The average molecular weight is 273 g/mol. The monoisotopic (exact) mass is 273 g/mol. The molecule has 0 amide bonds. The maximum atomic E-state index is 11.1. The van der Waals surface area contributed by atoms with E-state index in [0.29, 0.717) is 0 Å². The first-order valence-electron chi connectivity index (χ1n) is 7.82. The zero-order valence-electron chi connectivity index (χ0n) is 12.2. The number of rotatable bonds is 3. The van der Waals surface area contributed by atoms with E-state index < -0.39 is 12.0 Å². The van der Waals surface area contributed by atoms with Crippen molar-refractivity contribution in [2.45, 2.75) is 64.3 Å². The molecule has 0 aromatic heterocycles. The summed E-state index contributed by atoms with van der Waals surface area (Å²) in [6, 6.07) is 1.71. The number of carboxylic acid groups (broad SMARTS) is 1. The van der Waals surface area contributed by atoms with E-state index in [9.17, 15) is 4.79 Å². The lowest BCUT2D eigenvalue weighted by atomic mass is 9.79. The van der Waals surface area contributed by atoms with E-state index in [0.717, 1.165) is 18.5 Å². The van der Waals surface area contributed by atoms with Gasteiger partial charge in [0, 0.05) is 5.69 Å². The SMILES string of the molecule is CC(Nc1cc2c(c3c1CCCC3)CCCC2)C(=O)O. The first-order chi connectivity index (χ1) is 9.66. The number of aliphatic carboxylic acids is 1. The third kappa shape index (κ3) is 2.41. The fourth-order valence-corrected chi connectivity index (χ4v) is 3.65. The molecule has 2 N–H and O–H groups in total. The van der Waals surface area contributed by atoms with E-state index in [1.165, 1.54) is 55.2 Å². The minimum Gasteiger partial charge on any atom is -0.480 e. The fourth-order valence-electron chi connectivity index (χ4n) is 3.65. The van der Waals surface area contributed by atoms with Gasteiger partial charge in [0.05, 0.1) is 0 Å². The van der Waals surface area contributed by atoms with Gasteiger partial charge < -0.3 is 10.4 Å². The number of anilines is 1. The Kier molecular flexibility index (Phi) is 3.68. The summed E-state index contributed by atoms with van der Waals surface area (Å²) in [4.78, 5) is 11.1. The van der Waals surface area contributed by atoms with Gasteiger partial charge in [-0.3, -0.25) is 4.79 Å². The molecule has 20 heavy (non-hydrogen) atoms. The van der Waals surface area contributed by atoms with Gasteiger partial charge in [-0.25, -0.2) is 0 Å². The van der Waals surface area contributed by atoms with Crippen molar-refractivity contribution in [2.75, 3.05) is 5.32 Å². The molecule has 3 heteroatoms. The van der Waals surface area contributed by atoms with Crippen LogP contribution in [0.3, 0.4) is 0 Å². The van der Waals surface area contributed by atoms with Crippen LogP contribution in [0, 0.1) is 0 Å². The molecule has 0 saturated carbocycles. The average Bonchev–Trinajstić information content (AvgIpc) is 2.47. The number of carboxylic acids is 1. The van der Waals surface area contributed by atoms with Crippen LogP contribution in [0.1, 0.15) is 54.9 Å². The second kappa shape index (κ2) is 5.47. The van der Waals surface area contributed by atoms with E-state index in [-0.39, 0.29) is 0 Å². The number of hydrogen-bond acceptors (Lipinski definition) is 2. The number of hydrogen-bond donors (Lipinski definition) is 2. The normalized spacial score (nSPS) is 18.9. The Morgan fingerprint density at radius 1 is 1.05 bits per heavy atom. The highest BCUT2D eigenvalue weighted by molar-refractivity contribution is 5.78. The summed E-state index contributed by atoms with van der Waals surface area (Å²) in [6.07, 6.45) is 9.70. The van der Waals surface area contributed by atoms with Crippen molar-refractivity contribution in [3.05, 3.63) is 28.3 Å². The molecule has 1 aromatic rings. The smallest absolute Gasteiger partial charge is 0.325 e. The number of carbonyl (C=O) groups is 1. The number of benzene rings is 1. The van der Waals surface area contributed by atoms with Crippen LogP contribution in [0.5, 0.6) is 0 Å². The van der Waals surface area contributed by atoms with Crippen LogP contribution in [0.15, 0.2) is 6.07 Å². The molecule has 0 radical (unpaired) electrons. The van der Waals surface area contributed by atoms with Crippen LogP contribution in [0.4, 0.5) is 5.69 Å². The Balaban J connectivity index is 2.02. The summed E-state index contributed by atoms with van der Waals surface area (Å²) < 4.78 is 0. The van der Waals surface area contributed by atoms with Crippen LogP contribution in [-0.2, 0) is 30.5 Å². The lowest BCUT2D eigenvalue weighted by molar-refractivity contribution is -0.137. The van der Waals surface area contributed by atoms with Crippen molar-refractivity contribution in [3.8, 4) is 0 Å². The predicted molar refractivity (Wildman–Crippen MR) is 80.4 cm³/mol. The van der Waals surface area contributed by atoms with Gasteiger partial charge >= 0.3 is 5.97 Å². The lowest BCUT2D eigenvalue weighted by Gasteiger charge is -2.29. The molecule has 1 aromatic carbocycles. The predicted octanol–water partition coefficient (Wildman–Crippen LogP) is 3.33. The second-order valence-corrected chi connectivity index (χ2v) is 6.14. The third-order valence-corrected chi connectivity index (χ3v) is 4.73. The molecule has 3 nitrogen and oxygen atoms in total. The van der Waals surface area contributed by atoms with Crippen LogP contribution >= 0.6 is 0 Å². The van der Waals surface area contributed by atoms with Gasteiger partial charge in [0.2, 0.25) is 0 Å². The molecule has 0 spiro atoms. The second-order valence-electron chi connectivity index (χ2n) is 6.14. The van der Waals surface area contributed by atoms with Gasteiger partial charge in [0.25, 0.3) is 0 Å². The highest BCUT2D eigenvalue weighted by Crippen LogP contribution is 2.36. The van der Waals surface area contributed by atoms with E-state index in [1.54, 1.807) is 12.5 Å². The summed E-state index contributed by atoms with van der Waals surface area (Å²) in [5.74, 6) is -0.785. The first-order valence-corrected chi connectivity index (χ1v) is 7.82. The van der Waals surface area contributed by atoms with E-state index in [4.69, 9.17) is 5.11 Å². The van der Waals surface area contributed by atoms with Gasteiger partial charge in [0.1, 0.15) is 6.04 Å². The Morgan fingerprint density at radius 3 is 2.35 bits per heavy atom. The molecule has 108 valence electrons. The maximum absolute atomic E-state index is 11.1. The van der Waals surface area contributed by atoms with Crippen molar-refractivity contribution in [2.24, 2.45) is 0 Å². The van der Waals surface area contributed by atoms with Gasteiger partial charge in [-0.1, -0.05) is 0 Å². The number of nitrogens with one attached hydrogen (secondary N) is 1. The summed E-state index contributed by atoms with van der Waals surface area (Å²) >= 11 is 0. The molecule has 1 unspecified atom stereocenters. The van der Waals surface area contributed by atoms with Crippen LogP contribution in [0.25, 0.3) is 0 Å². The van der Waals surface area contributed by atoms with E-state index in [2.05, 4.69) is 11.4 Å². The van der Waals surface area contributed by atoms with Crippen molar-refractivity contribution < 1.29 is 9.90 Å². The molecule has 0 fully saturated rings. The maximum Gasteiger partial charge on any atom is 0.325 e. The van der Waals surface area contributed by atoms with E-state index >= 15 is 0 Å². The van der Waals surface area contributed by atoms with Gasteiger partial charge in [-0.15, -0.1) is 0 Å². The van der Waals surface area contributed by atoms with Crippen molar-refractivity contribution in [1.82, 2.24) is 0 Å². The van der Waals surface area contributed by atoms with Crippen LogP contribution in [0.2, 0.25) is 0 Å². The standard InChI is InChI=1S/C17H23NO2/c1-11(17(19)20)18-16-10-12-6-2-3-7-13(12)14-8-4-5-9-15(14)16/h10-11,18H,2-9H2,1H3,(H,19,20). The van der Waals surface area contributed by atoms with Crippen molar-refractivity contribution >= 4 is 11.7 Å². The molecule has 1 atom stereocenters. The Hall–Kier alpha value is -1.51. The highest BCUT2D eigenvalue weighted by Gasteiger charge is 2.23. The minimum atomic E-state index is -0.785. The summed E-state index contributed by atoms with van der Waals surface area (Å²) in [5.41, 5.74) is 7.05. The molecule has 0 aliphatic heterocycles. The zero-order chi connectivity index (χ0) is 14.1. The molecule has 0 saturated heterocycles. The minimum absolute atomic E-state index is 0.525. The van der Waals surface area contributed by atoms with Crippen molar-refractivity contribution in [3.63, 3.8) is 0 Å². The van der Waals surface area contributed by atoms with Crippen molar-refractivity contribution in [1.29, 1.82) is 0 Å². The lowest BCUT2D eigenvalue weighted by Crippen LogP contribution is -2.27. The van der Waals surface area contributed by atoms with Crippen LogP contribution in [-0.4, -0.2) is 17.1 Å². The first kappa shape index (κ1) is 13.5. The molecule has 0 bridgehead atoms. The van der Waals surface area contributed by atoms with Gasteiger partial charge in [0.15, 0.2) is 0 Å².